The number of nitrogens with one attached hydrogen (secondary N) is 2. The SMILES string of the molecule is NC(=O)CN1CCC[C@@H](C(=O)NCCc2n[nH]c3c2CCCC3)C1. The molecule has 0 spiro atoms. The van der Waals surface area contributed by atoms with Crippen LogP contribution < -0.4 is 11.1 Å². The highest BCUT2D eigenvalue weighted by molar-refractivity contribution is 5.79. The first-order valence-corrected chi connectivity index (χ1v) is 8.97. The summed E-state index contributed by atoms with van der Waals surface area (Å²) in [4.78, 5) is 25.4. The van der Waals surface area contributed by atoms with Crippen LogP contribution in [0.5, 0.6) is 0 Å². The quantitative estimate of drug-likeness (QED) is 0.689. The fourth-order valence-electron chi connectivity index (χ4n) is 3.84. The van der Waals surface area contributed by atoms with E-state index in [4.69, 9.17) is 5.73 Å². The van der Waals surface area contributed by atoms with E-state index in [9.17, 15) is 9.59 Å². The average Bonchev–Trinajstić information content (AvgIpc) is 2.98. The molecule has 1 aromatic heterocycles. The van der Waals surface area contributed by atoms with Crippen molar-refractivity contribution in [1.29, 1.82) is 0 Å². The van der Waals surface area contributed by atoms with Gasteiger partial charge in [0.2, 0.25) is 11.8 Å². The summed E-state index contributed by atoms with van der Waals surface area (Å²) in [5, 5.41) is 10.6. The molecule has 2 aliphatic rings. The molecule has 1 aromatic rings. The number of hydrogen-bond acceptors (Lipinski definition) is 4. The van der Waals surface area contributed by atoms with Gasteiger partial charge in [0.05, 0.1) is 18.2 Å². The maximum absolute atomic E-state index is 12.4. The molecule has 2 amide bonds. The van der Waals surface area contributed by atoms with Gasteiger partial charge < -0.3 is 11.1 Å². The number of likely N-dealkylation sites (tertiary alicyclic amines) is 1. The van der Waals surface area contributed by atoms with E-state index in [1.54, 1.807) is 0 Å². The number of aromatic amines is 1. The van der Waals surface area contributed by atoms with Crippen LogP contribution in [-0.4, -0.2) is 53.1 Å². The van der Waals surface area contributed by atoms with Crippen LogP contribution in [0.2, 0.25) is 0 Å². The van der Waals surface area contributed by atoms with E-state index in [1.165, 1.54) is 24.1 Å². The maximum Gasteiger partial charge on any atom is 0.231 e. The van der Waals surface area contributed by atoms with Crippen molar-refractivity contribution in [3.63, 3.8) is 0 Å². The molecule has 0 saturated carbocycles. The van der Waals surface area contributed by atoms with Crippen molar-refractivity contribution >= 4 is 11.8 Å². The van der Waals surface area contributed by atoms with Gasteiger partial charge in [-0.25, -0.2) is 0 Å². The van der Waals surface area contributed by atoms with Crippen LogP contribution in [0.15, 0.2) is 0 Å². The van der Waals surface area contributed by atoms with E-state index in [0.717, 1.165) is 44.3 Å². The van der Waals surface area contributed by atoms with E-state index < -0.39 is 0 Å². The standard InChI is InChI=1S/C17H27N5O2/c18-16(23)11-22-9-3-4-12(10-22)17(24)19-8-7-15-13-5-1-2-6-14(13)20-21-15/h12H,1-11H2,(H2,18,23)(H,19,24)(H,20,21)/t12-/m1/s1. The normalized spacial score (nSPS) is 21.2. The summed E-state index contributed by atoms with van der Waals surface area (Å²) < 4.78 is 0. The summed E-state index contributed by atoms with van der Waals surface area (Å²) in [6.45, 7) is 2.31. The molecule has 0 bridgehead atoms. The summed E-state index contributed by atoms with van der Waals surface area (Å²) in [6, 6.07) is 0. The second-order valence-corrected chi connectivity index (χ2v) is 6.92. The zero-order valence-corrected chi connectivity index (χ0v) is 14.1. The van der Waals surface area contributed by atoms with Gasteiger partial charge in [0.1, 0.15) is 0 Å². The number of fused-ring (bicyclic) bond motifs is 1. The first kappa shape index (κ1) is 17.0. The lowest BCUT2D eigenvalue weighted by molar-refractivity contribution is -0.128. The molecule has 7 nitrogen and oxygen atoms in total. The Balaban J connectivity index is 1.45. The number of H-pyrrole nitrogens is 1. The van der Waals surface area contributed by atoms with E-state index in [2.05, 4.69) is 15.5 Å². The van der Waals surface area contributed by atoms with Crippen molar-refractivity contribution in [2.45, 2.75) is 44.9 Å². The van der Waals surface area contributed by atoms with Crippen LogP contribution >= 0.6 is 0 Å². The smallest absolute Gasteiger partial charge is 0.231 e. The minimum Gasteiger partial charge on any atom is -0.369 e. The Morgan fingerprint density at radius 3 is 2.96 bits per heavy atom. The fourth-order valence-corrected chi connectivity index (χ4v) is 3.84. The summed E-state index contributed by atoms with van der Waals surface area (Å²) in [7, 11) is 0. The lowest BCUT2D eigenvalue weighted by Gasteiger charge is -2.30. The first-order valence-electron chi connectivity index (χ1n) is 8.97. The highest BCUT2D eigenvalue weighted by Gasteiger charge is 2.26. The number of nitrogens with zero attached hydrogens (tertiary/aromatic N) is 2. The molecular formula is C17H27N5O2. The molecule has 1 saturated heterocycles. The number of amides is 2. The second kappa shape index (κ2) is 7.79. The number of aryl methyl sites for hydroxylation is 1. The minimum absolute atomic E-state index is 0.0498. The van der Waals surface area contributed by atoms with Crippen molar-refractivity contribution in [2.24, 2.45) is 11.7 Å². The van der Waals surface area contributed by atoms with Crippen molar-refractivity contribution in [1.82, 2.24) is 20.4 Å². The lowest BCUT2D eigenvalue weighted by Crippen LogP contribution is -2.46. The number of aromatic nitrogens is 2. The predicted molar refractivity (Wildman–Crippen MR) is 90.3 cm³/mol. The highest BCUT2D eigenvalue weighted by atomic mass is 16.2. The third-order valence-electron chi connectivity index (χ3n) is 5.06. The Morgan fingerprint density at radius 2 is 2.12 bits per heavy atom. The molecule has 132 valence electrons. The molecule has 1 atom stereocenters. The third-order valence-corrected chi connectivity index (χ3v) is 5.06. The van der Waals surface area contributed by atoms with Gasteiger partial charge in [-0.1, -0.05) is 0 Å². The summed E-state index contributed by atoms with van der Waals surface area (Å²) in [6.07, 6.45) is 7.22. The molecule has 3 rings (SSSR count). The van der Waals surface area contributed by atoms with Crippen LogP contribution in [0.4, 0.5) is 0 Å². The van der Waals surface area contributed by atoms with Crippen molar-refractivity contribution in [3.05, 3.63) is 17.0 Å². The van der Waals surface area contributed by atoms with Crippen LogP contribution in [0.1, 0.15) is 42.6 Å². The van der Waals surface area contributed by atoms with Crippen molar-refractivity contribution in [2.75, 3.05) is 26.2 Å². The van der Waals surface area contributed by atoms with Crippen LogP contribution in [0, 0.1) is 5.92 Å². The molecule has 4 N–H and O–H groups in total. The van der Waals surface area contributed by atoms with Gasteiger partial charge in [0.25, 0.3) is 0 Å². The Bertz CT molecular complexity index is 598. The molecule has 1 fully saturated rings. The number of rotatable bonds is 6. The van der Waals surface area contributed by atoms with E-state index in [1.807, 2.05) is 4.90 Å². The highest BCUT2D eigenvalue weighted by Crippen LogP contribution is 2.22. The topological polar surface area (TPSA) is 104 Å². The molecule has 1 aliphatic heterocycles. The molecular weight excluding hydrogens is 306 g/mol. The van der Waals surface area contributed by atoms with E-state index in [-0.39, 0.29) is 24.3 Å². The Labute approximate surface area is 142 Å². The van der Waals surface area contributed by atoms with Gasteiger partial charge in [0.15, 0.2) is 0 Å². The molecule has 2 heterocycles. The molecule has 24 heavy (non-hydrogen) atoms. The molecule has 1 aliphatic carbocycles. The molecule has 0 aromatic carbocycles. The summed E-state index contributed by atoms with van der Waals surface area (Å²) in [5.41, 5.74) is 8.98. The number of carbonyl (C=O) groups is 2. The zero-order valence-electron chi connectivity index (χ0n) is 14.1. The predicted octanol–water partition coefficient (Wildman–Crippen LogP) is 0.145. The maximum atomic E-state index is 12.4. The minimum atomic E-state index is -0.334. The van der Waals surface area contributed by atoms with Gasteiger partial charge >= 0.3 is 0 Å². The molecule has 0 radical (unpaired) electrons. The average molecular weight is 333 g/mol. The number of nitrogens with two attached hydrogens (primary N) is 1. The third kappa shape index (κ3) is 4.14. The fraction of sp³-hybridized carbons (Fsp3) is 0.706. The number of carbonyl (C=O) groups excluding carboxylic acids is 2. The van der Waals surface area contributed by atoms with Gasteiger partial charge in [-0.2, -0.15) is 5.10 Å². The van der Waals surface area contributed by atoms with Crippen molar-refractivity contribution in [3.8, 4) is 0 Å². The largest absolute Gasteiger partial charge is 0.369 e. The van der Waals surface area contributed by atoms with Crippen LogP contribution in [0.3, 0.4) is 0 Å². The number of hydrogen-bond donors (Lipinski definition) is 3. The monoisotopic (exact) mass is 333 g/mol. The molecule has 7 heteroatoms. The van der Waals surface area contributed by atoms with E-state index >= 15 is 0 Å². The first-order chi connectivity index (χ1) is 11.6. The van der Waals surface area contributed by atoms with Gasteiger partial charge in [-0.15, -0.1) is 0 Å². The van der Waals surface area contributed by atoms with Gasteiger partial charge in [0, 0.05) is 25.2 Å². The number of primary amides is 1. The van der Waals surface area contributed by atoms with Crippen LogP contribution in [0.25, 0.3) is 0 Å². The van der Waals surface area contributed by atoms with Crippen molar-refractivity contribution < 1.29 is 9.59 Å². The van der Waals surface area contributed by atoms with Crippen LogP contribution in [-0.2, 0) is 28.9 Å². The summed E-state index contributed by atoms with van der Waals surface area (Å²) >= 11 is 0. The molecule has 0 unspecified atom stereocenters. The zero-order chi connectivity index (χ0) is 16.9. The second-order valence-electron chi connectivity index (χ2n) is 6.92. The Morgan fingerprint density at radius 1 is 1.29 bits per heavy atom. The van der Waals surface area contributed by atoms with Gasteiger partial charge in [-0.05, 0) is 50.6 Å². The number of piperidine rings is 1. The Hall–Kier alpha value is -1.89. The summed E-state index contributed by atoms with van der Waals surface area (Å²) in [5.74, 6) is -0.306. The van der Waals surface area contributed by atoms with Gasteiger partial charge in [-0.3, -0.25) is 19.6 Å². The van der Waals surface area contributed by atoms with E-state index in [0.29, 0.717) is 13.1 Å². The lowest BCUT2D eigenvalue weighted by atomic mass is 9.95. The Kier molecular flexibility index (Phi) is 5.50.